The van der Waals surface area contributed by atoms with Crippen LogP contribution in [-0.4, -0.2) is 10.1 Å². The summed E-state index contributed by atoms with van der Waals surface area (Å²) in [4.78, 5) is 5.46. The van der Waals surface area contributed by atoms with Gasteiger partial charge in [-0.15, -0.1) is 0 Å². The van der Waals surface area contributed by atoms with Crippen LogP contribution in [0.1, 0.15) is 11.1 Å². The molecule has 0 saturated carbocycles. The molecule has 82 valence electrons. The predicted octanol–water partition coefficient (Wildman–Crippen LogP) is 3.03. The Kier molecular flexibility index (Phi) is 3.59. The van der Waals surface area contributed by atoms with E-state index in [1.807, 2.05) is 18.2 Å². The molecular formula is C13H13NOS. The Morgan fingerprint density at radius 1 is 1.25 bits per heavy atom. The summed E-state index contributed by atoms with van der Waals surface area (Å²) >= 11 is 1.63. The summed E-state index contributed by atoms with van der Waals surface area (Å²) in [5, 5.41) is 9.85. The van der Waals surface area contributed by atoms with Crippen LogP contribution in [0, 0.1) is 6.92 Å². The van der Waals surface area contributed by atoms with Crippen molar-refractivity contribution >= 4 is 11.8 Å². The van der Waals surface area contributed by atoms with Gasteiger partial charge in [-0.25, -0.2) is 4.98 Å². The molecule has 0 aliphatic carbocycles. The Balaban J connectivity index is 2.14. The number of hydrogen-bond donors (Lipinski definition) is 1. The summed E-state index contributed by atoms with van der Waals surface area (Å²) in [6.07, 6.45) is 1.71. The average molecular weight is 231 g/mol. The number of hydrogen-bond acceptors (Lipinski definition) is 3. The van der Waals surface area contributed by atoms with Gasteiger partial charge in [-0.3, -0.25) is 0 Å². The predicted molar refractivity (Wildman–Crippen MR) is 65.5 cm³/mol. The number of nitrogens with zero attached hydrogens (tertiary/aromatic N) is 1. The molecule has 3 heteroatoms. The van der Waals surface area contributed by atoms with Gasteiger partial charge < -0.3 is 5.11 Å². The minimum atomic E-state index is 0.0440. The molecule has 0 unspecified atom stereocenters. The highest BCUT2D eigenvalue weighted by Crippen LogP contribution is 2.26. The Morgan fingerprint density at radius 2 is 2.12 bits per heavy atom. The highest BCUT2D eigenvalue weighted by atomic mass is 32.2. The summed E-state index contributed by atoms with van der Waals surface area (Å²) in [6, 6.07) is 12.1. The summed E-state index contributed by atoms with van der Waals surface area (Å²) in [7, 11) is 0. The molecule has 2 rings (SSSR count). The Hall–Kier alpha value is -1.32. The first-order valence-corrected chi connectivity index (χ1v) is 5.90. The van der Waals surface area contributed by atoms with Crippen molar-refractivity contribution in [2.24, 2.45) is 0 Å². The molecule has 1 heterocycles. The molecule has 0 radical (unpaired) electrons. The molecule has 0 fully saturated rings. The van der Waals surface area contributed by atoms with Crippen LogP contribution in [0.2, 0.25) is 0 Å². The van der Waals surface area contributed by atoms with E-state index in [9.17, 15) is 0 Å². The van der Waals surface area contributed by atoms with E-state index < -0.39 is 0 Å². The second-order valence-electron chi connectivity index (χ2n) is 3.58. The number of benzene rings is 1. The van der Waals surface area contributed by atoms with Crippen LogP contribution in [0.5, 0.6) is 0 Å². The number of aliphatic hydroxyl groups is 1. The first-order valence-electron chi connectivity index (χ1n) is 5.08. The van der Waals surface area contributed by atoms with Crippen molar-refractivity contribution in [3.8, 4) is 0 Å². The Morgan fingerprint density at radius 3 is 2.75 bits per heavy atom. The van der Waals surface area contributed by atoms with Crippen LogP contribution in [0.4, 0.5) is 0 Å². The molecule has 0 spiro atoms. The number of pyridine rings is 1. The zero-order valence-electron chi connectivity index (χ0n) is 9.05. The third kappa shape index (κ3) is 2.84. The van der Waals surface area contributed by atoms with Gasteiger partial charge in [0.2, 0.25) is 0 Å². The van der Waals surface area contributed by atoms with E-state index in [0.29, 0.717) is 0 Å². The standard InChI is InChI=1S/C13H13NOS/c1-10-3-2-4-12(7-10)16-13-6-5-11(9-15)8-14-13/h2-8,15H,9H2,1H3. The van der Waals surface area contributed by atoms with Gasteiger partial charge in [-0.2, -0.15) is 0 Å². The summed E-state index contributed by atoms with van der Waals surface area (Å²) in [6.45, 7) is 2.12. The quantitative estimate of drug-likeness (QED) is 0.881. The lowest BCUT2D eigenvalue weighted by Gasteiger charge is -2.02. The first kappa shape index (κ1) is 11.2. The number of aryl methyl sites for hydroxylation is 1. The van der Waals surface area contributed by atoms with Gasteiger partial charge >= 0.3 is 0 Å². The smallest absolute Gasteiger partial charge is 0.101 e. The third-order valence-corrected chi connectivity index (χ3v) is 3.13. The lowest BCUT2D eigenvalue weighted by atomic mass is 10.2. The lowest BCUT2D eigenvalue weighted by molar-refractivity contribution is 0.281. The maximum atomic E-state index is 8.91. The molecule has 0 atom stereocenters. The van der Waals surface area contributed by atoms with E-state index in [2.05, 4.69) is 30.1 Å². The second-order valence-corrected chi connectivity index (χ2v) is 4.68. The number of rotatable bonds is 3. The molecule has 2 aromatic rings. The molecule has 1 aromatic heterocycles. The van der Waals surface area contributed by atoms with Gasteiger partial charge in [0, 0.05) is 11.1 Å². The summed E-state index contributed by atoms with van der Waals surface area (Å²) in [5.74, 6) is 0. The van der Waals surface area contributed by atoms with Crippen LogP contribution in [0.3, 0.4) is 0 Å². The largest absolute Gasteiger partial charge is 0.392 e. The Bertz CT molecular complexity index is 468. The maximum absolute atomic E-state index is 8.91. The number of aliphatic hydroxyl groups excluding tert-OH is 1. The molecule has 2 nitrogen and oxygen atoms in total. The molecule has 0 aliphatic rings. The van der Waals surface area contributed by atoms with Crippen LogP contribution in [0.25, 0.3) is 0 Å². The van der Waals surface area contributed by atoms with Crippen molar-refractivity contribution in [3.63, 3.8) is 0 Å². The van der Waals surface area contributed by atoms with E-state index >= 15 is 0 Å². The normalized spacial score (nSPS) is 10.4. The number of aromatic nitrogens is 1. The van der Waals surface area contributed by atoms with Gasteiger partial charge in [-0.05, 0) is 30.7 Å². The van der Waals surface area contributed by atoms with E-state index in [1.165, 1.54) is 10.5 Å². The molecule has 0 amide bonds. The van der Waals surface area contributed by atoms with Crippen molar-refractivity contribution in [1.29, 1.82) is 0 Å². The second kappa shape index (κ2) is 5.14. The van der Waals surface area contributed by atoms with Gasteiger partial charge in [0.15, 0.2) is 0 Å². The van der Waals surface area contributed by atoms with Crippen LogP contribution >= 0.6 is 11.8 Å². The molecule has 0 bridgehead atoms. The minimum absolute atomic E-state index is 0.0440. The topological polar surface area (TPSA) is 33.1 Å². The molecular weight excluding hydrogens is 218 g/mol. The SMILES string of the molecule is Cc1cccc(Sc2ccc(CO)cn2)c1. The fourth-order valence-electron chi connectivity index (χ4n) is 1.36. The molecule has 0 aliphatic heterocycles. The van der Waals surface area contributed by atoms with Gasteiger partial charge in [0.1, 0.15) is 5.03 Å². The van der Waals surface area contributed by atoms with Crippen LogP contribution in [-0.2, 0) is 6.61 Å². The highest BCUT2D eigenvalue weighted by molar-refractivity contribution is 7.99. The average Bonchev–Trinajstić information content (AvgIpc) is 2.30. The fraction of sp³-hybridized carbons (Fsp3) is 0.154. The molecule has 1 aromatic carbocycles. The Labute approximate surface area is 99.4 Å². The van der Waals surface area contributed by atoms with E-state index in [-0.39, 0.29) is 6.61 Å². The summed E-state index contributed by atoms with van der Waals surface area (Å²) < 4.78 is 0. The fourth-order valence-corrected chi connectivity index (χ4v) is 2.24. The monoisotopic (exact) mass is 231 g/mol. The third-order valence-electron chi connectivity index (χ3n) is 2.19. The van der Waals surface area contributed by atoms with Crippen molar-refractivity contribution < 1.29 is 5.11 Å². The van der Waals surface area contributed by atoms with Crippen molar-refractivity contribution in [2.45, 2.75) is 23.5 Å². The molecule has 1 N–H and O–H groups in total. The van der Waals surface area contributed by atoms with Crippen molar-refractivity contribution in [2.75, 3.05) is 0 Å². The zero-order chi connectivity index (χ0) is 11.4. The first-order chi connectivity index (χ1) is 7.78. The van der Waals surface area contributed by atoms with E-state index in [1.54, 1.807) is 18.0 Å². The highest BCUT2D eigenvalue weighted by Gasteiger charge is 1.99. The summed E-state index contributed by atoms with van der Waals surface area (Å²) in [5.41, 5.74) is 2.09. The minimum Gasteiger partial charge on any atom is -0.392 e. The van der Waals surface area contributed by atoms with Gasteiger partial charge in [0.05, 0.1) is 6.61 Å². The van der Waals surface area contributed by atoms with Gasteiger partial charge in [-0.1, -0.05) is 35.5 Å². The molecule has 16 heavy (non-hydrogen) atoms. The van der Waals surface area contributed by atoms with Gasteiger partial charge in [0.25, 0.3) is 0 Å². The van der Waals surface area contributed by atoms with E-state index in [0.717, 1.165) is 10.6 Å². The van der Waals surface area contributed by atoms with Crippen LogP contribution < -0.4 is 0 Å². The van der Waals surface area contributed by atoms with E-state index in [4.69, 9.17) is 5.11 Å². The zero-order valence-corrected chi connectivity index (χ0v) is 9.87. The van der Waals surface area contributed by atoms with Crippen LogP contribution in [0.15, 0.2) is 52.5 Å². The van der Waals surface area contributed by atoms with Crippen molar-refractivity contribution in [3.05, 3.63) is 53.7 Å². The molecule has 0 saturated heterocycles. The van der Waals surface area contributed by atoms with Crippen molar-refractivity contribution in [1.82, 2.24) is 4.98 Å². The lowest BCUT2D eigenvalue weighted by Crippen LogP contribution is -1.86. The maximum Gasteiger partial charge on any atom is 0.101 e.